The Morgan fingerprint density at radius 3 is 2.42 bits per heavy atom. The first-order valence-corrected chi connectivity index (χ1v) is 16.3. The number of benzene rings is 1. The van der Waals surface area contributed by atoms with Gasteiger partial charge in [-0.25, -0.2) is 0 Å². The second kappa shape index (κ2) is 13.9. The molecule has 250 valence electrons. The van der Waals surface area contributed by atoms with E-state index in [-0.39, 0.29) is 59.6 Å². The van der Waals surface area contributed by atoms with Gasteiger partial charge in [-0.15, -0.1) is 0 Å². The number of halogens is 3. The second-order valence-corrected chi connectivity index (χ2v) is 14.2. The molecule has 45 heavy (non-hydrogen) atoms. The third-order valence-corrected chi connectivity index (χ3v) is 9.69. The predicted molar refractivity (Wildman–Crippen MR) is 162 cm³/mol. The van der Waals surface area contributed by atoms with Crippen LogP contribution in [0.5, 0.6) is 5.75 Å². The van der Waals surface area contributed by atoms with Crippen LogP contribution in [0.2, 0.25) is 0 Å². The van der Waals surface area contributed by atoms with Crippen molar-refractivity contribution < 1.29 is 37.0 Å². The van der Waals surface area contributed by atoms with E-state index in [1.165, 1.54) is 6.07 Å². The molecule has 4 aliphatic heterocycles. The maximum Gasteiger partial charge on any atom is 0.416 e. The van der Waals surface area contributed by atoms with Crippen LogP contribution in [0.1, 0.15) is 75.2 Å². The number of nitrogens with one attached hydrogen (secondary N) is 1. The van der Waals surface area contributed by atoms with Crippen molar-refractivity contribution in [2.45, 2.75) is 77.6 Å². The van der Waals surface area contributed by atoms with Crippen molar-refractivity contribution in [3.05, 3.63) is 29.3 Å². The van der Waals surface area contributed by atoms with Crippen LogP contribution in [0.4, 0.5) is 13.2 Å². The van der Waals surface area contributed by atoms with Gasteiger partial charge < -0.3 is 24.6 Å². The Kier molecular flexibility index (Phi) is 10.3. The van der Waals surface area contributed by atoms with Crippen molar-refractivity contribution in [3.8, 4) is 5.75 Å². The summed E-state index contributed by atoms with van der Waals surface area (Å²) in [5, 5.41) is 2.80. The molecule has 0 saturated carbocycles. The predicted octanol–water partition coefficient (Wildman–Crippen LogP) is 4.20. The summed E-state index contributed by atoms with van der Waals surface area (Å²) in [7, 11) is 0. The van der Waals surface area contributed by atoms with Gasteiger partial charge >= 0.3 is 6.18 Å². The van der Waals surface area contributed by atoms with Gasteiger partial charge in [0.1, 0.15) is 12.4 Å². The Hall–Kier alpha value is -2.86. The first kappa shape index (κ1) is 33.5. The summed E-state index contributed by atoms with van der Waals surface area (Å²) in [5.74, 6) is -0.479. The van der Waals surface area contributed by atoms with Crippen LogP contribution in [0.15, 0.2) is 18.2 Å². The van der Waals surface area contributed by atoms with Gasteiger partial charge in [0.15, 0.2) is 0 Å². The van der Waals surface area contributed by atoms with E-state index in [1.807, 2.05) is 30.6 Å². The maximum atomic E-state index is 14.0. The molecule has 0 bridgehead atoms. The number of nitrogens with zero attached hydrogens (tertiary/aromatic N) is 3. The van der Waals surface area contributed by atoms with E-state index in [9.17, 15) is 27.6 Å². The van der Waals surface area contributed by atoms with Gasteiger partial charge in [-0.05, 0) is 61.1 Å². The molecular weight excluding hydrogens is 589 g/mol. The lowest BCUT2D eigenvalue weighted by molar-refractivity contribution is -0.141. The molecule has 4 heterocycles. The van der Waals surface area contributed by atoms with Crippen LogP contribution < -0.4 is 10.1 Å². The number of hydrogen-bond acceptors (Lipinski definition) is 6. The molecule has 0 spiro atoms. The average molecular weight is 637 g/mol. The van der Waals surface area contributed by atoms with Crippen molar-refractivity contribution in [2.24, 2.45) is 17.3 Å². The number of carbonyl (C=O) groups excluding carboxylic acids is 3. The number of likely N-dealkylation sites (tertiary alicyclic amines) is 1. The molecule has 3 saturated heterocycles. The fraction of sp³-hybridized carbons (Fsp3) is 0.727. The summed E-state index contributed by atoms with van der Waals surface area (Å²) in [4.78, 5) is 46.5. The number of hydrogen-bond donors (Lipinski definition) is 1. The highest BCUT2D eigenvalue weighted by molar-refractivity contribution is 5.97. The quantitative estimate of drug-likeness (QED) is 0.524. The molecule has 1 N–H and O–H groups in total. The molecule has 12 heteroatoms. The first-order chi connectivity index (χ1) is 21.3. The molecule has 3 fully saturated rings. The number of fused-ring (bicyclic) bond motifs is 3. The number of amides is 3. The van der Waals surface area contributed by atoms with Crippen molar-refractivity contribution in [1.29, 1.82) is 0 Å². The van der Waals surface area contributed by atoms with E-state index in [0.29, 0.717) is 71.1 Å². The summed E-state index contributed by atoms with van der Waals surface area (Å²) in [6.07, 6.45) is -0.877. The van der Waals surface area contributed by atoms with Gasteiger partial charge in [0, 0.05) is 71.4 Å². The summed E-state index contributed by atoms with van der Waals surface area (Å²) in [6.45, 7) is 10.6. The molecule has 1 aromatic carbocycles. The number of carbonyl (C=O) groups is 3. The minimum atomic E-state index is -4.62. The largest absolute Gasteiger partial charge is 0.491 e. The lowest BCUT2D eigenvalue weighted by atomic mass is 9.80. The highest BCUT2D eigenvalue weighted by Gasteiger charge is 2.39. The van der Waals surface area contributed by atoms with E-state index in [1.54, 1.807) is 0 Å². The molecule has 0 aliphatic carbocycles. The van der Waals surface area contributed by atoms with Gasteiger partial charge in [-0.1, -0.05) is 20.8 Å². The molecular formula is C33H47F3N4O5. The highest BCUT2D eigenvalue weighted by Crippen LogP contribution is 2.35. The van der Waals surface area contributed by atoms with Gasteiger partial charge in [0.25, 0.3) is 5.91 Å². The monoisotopic (exact) mass is 636 g/mol. The number of rotatable bonds is 2. The Bertz CT molecular complexity index is 1230. The topological polar surface area (TPSA) is 91.4 Å². The van der Waals surface area contributed by atoms with Crippen LogP contribution in [-0.2, 0) is 20.5 Å². The molecule has 3 amide bonds. The van der Waals surface area contributed by atoms with Crippen LogP contribution in [0.25, 0.3) is 0 Å². The Morgan fingerprint density at radius 2 is 1.71 bits per heavy atom. The van der Waals surface area contributed by atoms with Crippen LogP contribution in [-0.4, -0.2) is 104 Å². The van der Waals surface area contributed by atoms with Crippen molar-refractivity contribution in [1.82, 2.24) is 20.0 Å². The van der Waals surface area contributed by atoms with E-state index in [0.717, 1.165) is 31.5 Å². The first-order valence-electron chi connectivity index (χ1n) is 16.3. The lowest BCUT2D eigenvalue weighted by Crippen LogP contribution is -2.60. The lowest BCUT2D eigenvalue weighted by Gasteiger charge is -2.46. The fourth-order valence-corrected chi connectivity index (χ4v) is 7.20. The summed E-state index contributed by atoms with van der Waals surface area (Å²) in [6, 6.07) is 2.96. The van der Waals surface area contributed by atoms with Crippen LogP contribution >= 0.6 is 0 Å². The zero-order valence-corrected chi connectivity index (χ0v) is 26.7. The third-order valence-electron chi connectivity index (χ3n) is 9.69. The van der Waals surface area contributed by atoms with Gasteiger partial charge in [0.05, 0.1) is 17.2 Å². The van der Waals surface area contributed by atoms with E-state index < -0.39 is 17.6 Å². The molecule has 5 rings (SSSR count). The minimum Gasteiger partial charge on any atom is -0.491 e. The molecule has 3 atom stereocenters. The summed E-state index contributed by atoms with van der Waals surface area (Å²) < 4.78 is 52.6. The minimum absolute atomic E-state index is 0.0234. The van der Waals surface area contributed by atoms with Crippen molar-refractivity contribution >= 4 is 17.7 Å². The molecule has 0 aromatic heterocycles. The highest BCUT2D eigenvalue weighted by atomic mass is 19.4. The van der Waals surface area contributed by atoms with Crippen molar-refractivity contribution in [2.75, 3.05) is 59.1 Å². The van der Waals surface area contributed by atoms with Gasteiger partial charge in [0.2, 0.25) is 11.8 Å². The Labute approximate surface area is 263 Å². The SMILES string of the molecule is CC(C)(C)CC(=O)N1CC[C@H]2CC(=O)N3CCN(C4CCOCC4)C[C@H]3COc3ccc(C(F)(F)F)cc3C(=O)NCC[C@H]2C1. The fourth-order valence-electron chi connectivity index (χ4n) is 7.20. The average Bonchev–Trinajstić information content (AvgIpc) is 2.99. The Balaban J connectivity index is 1.42. The standard InChI is InChI=1S/C33H47F3N4O5/c1-32(2,3)18-30(42)39-11-7-22-16-29(41)40-13-12-38(25-8-14-44-15-9-25)20-26(40)21-45-28-5-4-24(33(34,35)36)17-27(28)31(43)37-10-6-23(22)19-39/h4-5,17,22-23,25-26H,6-16,18-21H2,1-3H3,(H,37,43)/t22-,23-,26-/m0/s1. The van der Waals surface area contributed by atoms with Crippen LogP contribution in [0.3, 0.4) is 0 Å². The zero-order chi connectivity index (χ0) is 32.4. The summed E-state index contributed by atoms with van der Waals surface area (Å²) >= 11 is 0. The van der Waals surface area contributed by atoms with E-state index in [2.05, 4.69) is 10.2 Å². The van der Waals surface area contributed by atoms with Crippen LogP contribution in [0, 0.1) is 17.3 Å². The maximum absolute atomic E-state index is 14.0. The van der Waals surface area contributed by atoms with Gasteiger partial charge in [-0.2, -0.15) is 13.2 Å². The van der Waals surface area contributed by atoms with Gasteiger partial charge in [-0.3, -0.25) is 19.3 Å². The molecule has 0 radical (unpaired) electrons. The molecule has 1 aromatic rings. The zero-order valence-electron chi connectivity index (χ0n) is 26.7. The smallest absolute Gasteiger partial charge is 0.416 e. The number of piperazine rings is 1. The molecule has 4 aliphatic rings. The normalized spacial score (nSPS) is 26.6. The number of alkyl halides is 3. The number of ether oxygens (including phenoxy) is 2. The molecule has 0 unspecified atom stereocenters. The second-order valence-electron chi connectivity index (χ2n) is 14.2. The third kappa shape index (κ3) is 8.49. The van der Waals surface area contributed by atoms with Crippen molar-refractivity contribution in [3.63, 3.8) is 0 Å². The summed E-state index contributed by atoms with van der Waals surface area (Å²) in [5.41, 5.74) is -1.27. The molecule has 9 nitrogen and oxygen atoms in total. The Morgan fingerprint density at radius 1 is 0.956 bits per heavy atom. The van der Waals surface area contributed by atoms with E-state index in [4.69, 9.17) is 9.47 Å². The number of piperidine rings is 1. The van der Waals surface area contributed by atoms with E-state index >= 15 is 0 Å².